The third-order valence-corrected chi connectivity index (χ3v) is 5.27. The van der Waals surface area contributed by atoms with Crippen LogP contribution in [0.3, 0.4) is 0 Å². The van der Waals surface area contributed by atoms with Crippen LogP contribution in [0.5, 0.6) is 0 Å². The van der Waals surface area contributed by atoms with Crippen molar-refractivity contribution in [3.8, 4) is 0 Å². The average Bonchev–Trinajstić information content (AvgIpc) is 2.86. The van der Waals surface area contributed by atoms with Crippen molar-refractivity contribution in [3.05, 3.63) is 0 Å². The third kappa shape index (κ3) is 3.46. The Morgan fingerprint density at radius 2 is 1.78 bits per heavy atom. The molecule has 1 saturated heterocycles. The minimum atomic E-state index is 0.795. The first kappa shape index (κ1) is 14.3. The quantitative estimate of drug-likeness (QED) is 0.810. The molecule has 0 aromatic rings. The van der Waals surface area contributed by atoms with E-state index in [4.69, 9.17) is 5.73 Å². The lowest BCUT2D eigenvalue weighted by atomic mass is 9.94. The molecule has 0 aromatic heterocycles. The molecule has 1 aliphatic heterocycles. The fourth-order valence-electron chi connectivity index (χ4n) is 3.86. The van der Waals surface area contributed by atoms with Crippen molar-refractivity contribution in [2.75, 3.05) is 39.8 Å². The smallest absolute Gasteiger partial charge is 0.0117 e. The van der Waals surface area contributed by atoms with Crippen molar-refractivity contribution >= 4 is 0 Å². The molecule has 0 spiro atoms. The van der Waals surface area contributed by atoms with Gasteiger partial charge in [0.25, 0.3) is 0 Å². The second-order valence-electron chi connectivity index (χ2n) is 6.29. The van der Waals surface area contributed by atoms with Crippen LogP contribution in [0.4, 0.5) is 0 Å². The van der Waals surface area contributed by atoms with Gasteiger partial charge in [0.1, 0.15) is 0 Å². The van der Waals surface area contributed by atoms with Gasteiger partial charge in [-0.2, -0.15) is 0 Å². The summed E-state index contributed by atoms with van der Waals surface area (Å²) in [5.74, 6) is 1.66. The number of hydrogen-bond acceptors (Lipinski definition) is 3. The Morgan fingerprint density at radius 1 is 1.11 bits per heavy atom. The number of piperidine rings is 1. The van der Waals surface area contributed by atoms with E-state index in [-0.39, 0.29) is 0 Å². The Hall–Kier alpha value is -0.120. The van der Waals surface area contributed by atoms with Crippen molar-refractivity contribution in [2.24, 2.45) is 17.6 Å². The van der Waals surface area contributed by atoms with E-state index >= 15 is 0 Å². The van der Waals surface area contributed by atoms with Crippen LogP contribution in [0.2, 0.25) is 0 Å². The Labute approximate surface area is 113 Å². The fourth-order valence-corrected chi connectivity index (χ4v) is 3.86. The molecule has 18 heavy (non-hydrogen) atoms. The van der Waals surface area contributed by atoms with Gasteiger partial charge >= 0.3 is 0 Å². The summed E-state index contributed by atoms with van der Waals surface area (Å²) in [6.07, 6.45) is 6.87. The van der Waals surface area contributed by atoms with Crippen LogP contribution in [0, 0.1) is 11.8 Å². The SMILES string of the molecule is CCN1CCC(N(C)CC2CCCC2CN)CC1. The van der Waals surface area contributed by atoms with Gasteiger partial charge in [-0.1, -0.05) is 13.3 Å². The van der Waals surface area contributed by atoms with Crippen LogP contribution >= 0.6 is 0 Å². The highest BCUT2D eigenvalue weighted by Crippen LogP contribution is 2.32. The molecule has 1 saturated carbocycles. The minimum Gasteiger partial charge on any atom is -0.330 e. The first-order chi connectivity index (χ1) is 8.74. The van der Waals surface area contributed by atoms with E-state index in [1.54, 1.807) is 0 Å². The number of rotatable bonds is 5. The molecule has 0 bridgehead atoms. The van der Waals surface area contributed by atoms with Gasteiger partial charge in [-0.25, -0.2) is 0 Å². The van der Waals surface area contributed by atoms with Crippen LogP contribution < -0.4 is 5.73 Å². The van der Waals surface area contributed by atoms with Crippen molar-refractivity contribution < 1.29 is 0 Å². The lowest BCUT2D eigenvalue weighted by Crippen LogP contribution is -2.45. The molecule has 1 aliphatic carbocycles. The number of nitrogens with zero attached hydrogens (tertiary/aromatic N) is 2. The van der Waals surface area contributed by atoms with Crippen LogP contribution in [-0.2, 0) is 0 Å². The molecule has 0 radical (unpaired) electrons. The molecule has 3 nitrogen and oxygen atoms in total. The molecule has 106 valence electrons. The summed E-state index contributed by atoms with van der Waals surface area (Å²) in [6.45, 7) is 8.24. The molecule has 2 N–H and O–H groups in total. The van der Waals surface area contributed by atoms with Gasteiger partial charge < -0.3 is 15.5 Å². The largest absolute Gasteiger partial charge is 0.330 e. The number of hydrogen-bond donors (Lipinski definition) is 1. The summed E-state index contributed by atoms with van der Waals surface area (Å²) in [7, 11) is 2.33. The molecule has 3 heteroatoms. The second kappa shape index (κ2) is 6.88. The van der Waals surface area contributed by atoms with Gasteiger partial charge in [-0.05, 0) is 70.7 Å². The second-order valence-corrected chi connectivity index (χ2v) is 6.29. The molecular formula is C15H31N3. The van der Waals surface area contributed by atoms with E-state index < -0.39 is 0 Å². The predicted octanol–water partition coefficient (Wildman–Crippen LogP) is 1.78. The molecule has 0 aromatic carbocycles. The van der Waals surface area contributed by atoms with Crippen molar-refractivity contribution in [1.29, 1.82) is 0 Å². The van der Waals surface area contributed by atoms with Crippen molar-refractivity contribution in [3.63, 3.8) is 0 Å². The Morgan fingerprint density at radius 3 is 2.39 bits per heavy atom. The van der Waals surface area contributed by atoms with Gasteiger partial charge in [0.15, 0.2) is 0 Å². The predicted molar refractivity (Wildman–Crippen MR) is 77.7 cm³/mol. The lowest BCUT2D eigenvalue weighted by Gasteiger charge is -2.38. The molecule has 2 unspecified atom stereocenters. The van der Waals surface area contributed by atoms with E-state index in [1.807, 2.05) is 0 Å². The molecule has 2 rings (SSSR count). The lowest BCUT2D eigenvalue weighted by molar-refractivity contribution is 0.112. The highest BCUT2D eigenvalue weighted by molar-refractivity contribution is 4.84. The summed E-state index contributed by atoms with van der Waals surface area (Å²) in [4.78, 5) is 5.20. The zero-order valence-corrected chi connectivity index (χ0v) is 12.3. The number of likely N-dealkylation sites (tertiary alicyclic amines) is 1. The Bertz CT molecular complexity index is 236. The highest BCUT2D eigenvalue weighted by Gasteiger charge is 2.29. The van der Waals surface area contributed by atoms with E-state index in [0.29, 0.717) is 0 Å². The maximum atomic E-state index is 5.89. The zero-order chi connectivity index (χ0) is 13.0. The first-order valence-electron chi connectivity index (χ1n) is 7.87. The van der Waals surface area contributed by atoms with Gasteiger partial charge in [0.2, 0.25) is 0 Å². The average molecular weight is 253 g/mol. The third-order valence-electron chi connectivity index (χ3n) is 5.27. The monoisotopic (exact) mass is 253 g/mol. The summed E-state index contributed by atoms with van der Waals surface area (Å²) in [6, 6.07) is 0.812. The normalized spacial score (nSPS) is 31.3. The summed E-state index contributed by atoms with van der Waals surface area (Å²) < 4.78 is 0. The number of nitrogens with two attached hydrogens (primary N) is 1. The molecule has 2 aliphatic rings. The van der Waals surface area contributed by atoms with Crippen LogP contribution in [0.15, 0.2) is 0 Å². The van der Waals surface area contributed by atoms with E-state index in [2.05, 4.69) is 23.8 Å². The minimum absolute atomic E-state index is 0.795. The molecular weight excluding hydrogens is 222 g/mol. The van der Waals surface area contributed by atoms with Gasteiger partial charge in [-0.3, -0.25) is 0 Å². The summed E-state index contributed by atoms with van der Waals surface area (Å²) in [5.41, 5.74) is 5.89. The maximum Gasteiger partial charge on any atom is 0.0117 e. The zero-order valence-electron chi connectivity index (χ0n) is 12.3. The Balaban J connectivity index is 1.76. The van der Waals surface area contributed by atoms with Gasteiger partial charge in [-0.15, -0.1) is 0 Å². The van der Waals surface area contributed by atoms with Gasteiger partial charge in [0, 0.05) is 12.6 Å². The van der Waals surface area contributed by atoms with E-state index in [9.17, 15) is 0 Å². The van der Waals surface area contributed by atoms with Crippen molar-refractivity contribution in [1.82, 2.24) is 9.80 Å². The molecule has 2 atom stereocenters. The standard InChI is InChI=1S/C15H31N3/c1-3-18-9-7-15(8-10-18)17(2)12-14-6-4-5-13(14)11-16/h13-15H,3-12,16H2,1-2H3. The topological polar surface area (TPSA) is 32.5 Å². The molecule has 0 amide bonds. The van der Waals surface area contributed by atoms with E-state index in [1.165, 1.54) is 58.3 Å². The summed E-state index contributed by atoms with van der Waals surface area (Å²) >= 11 is 0. The van der Waals surface area contributed by atoms with Crippen LogP contribution in [0.1, 0.15) is 39.0 Å². The Kier molecular flexibility index (Phi) is 5.46. The fraction of sp³-hybridized carbons (Fsp3) is 1.00. The molecule has 1 heterocycles. The van der Waals surface area contributed by atoms with Crippen LogP contribution in [-0.4, -0.2) is 55.6 Å². The van der Waals surface area contributed by atoms with Gasteiger partial charge in [0.05, 0.1) is 0 Å². The van der Waals surface area contributed by atoms with E-state index in [0.717, 1.165) is 24.4 Å². The summed E-state index contributed by atoms with van der Waals surface area (Å²) in [5, 5.41) is 0. The highest BCUT2D eigenvalue weighted by atomic mass is 15.2. The van der Waals surface area contributed by atoms with Crippen LogP contribution in [0.25, 0.3) is 0 Å². The maximum absolute atomic E-state index is 5.89. The first-order valence-corrected chi connectivity index (χ1v) is 7.87. The van der Waals surface area contributed by atoms with Crippen molar-refractivity contribution in [2.45, 2.75) is 45.1 Å². The molecule has 2 fully saturated rings.